The first-order chi connectivity index (χ1) is 14.1. The van der Waals surface area contributed by atoms with Gasteiger partial charge in [0.2, 0.25) is 5.91 Å². The van der Waals surface area contributed by atoms with Crippen molar-refractivity contribution in [3.8, 4) is 0 Å². The fourth-order valence-corrected chi connectivity index (χ4v) is 3.61. The van der Waals surface area contributed by atoms with Crippen molar-refractivity contribution in [1.29, 1.82) is 0 Å². The molecule has 4 rings (SSSR count). The lowest BCUT2D eigenvalue weighted by atomic mass is 10.0. The van der Waals surface area contributed by atoms with Crippen LogP contribution in [0, 0.1) is 5.82 Å². The van der Waals surface area contributed by atoms with E-state index < -0.39 is 17.8 Å². The number of rotatable bonds is 5. The minimum Gasteiger partial charge on any atom is -0.378 e. The molecule has 0 spiro atoms. The van der Waals surface area contributed by atoms with Crippen LogP contribution in [0.5, 0.6) is 0 Å². The molecule has 2 amide bonds. The highest BCUT2D eigenvalue weighted by Crippen LogP contribution is 2.20. The van der Waals surface area contributed by atoms with E-state index in [4.69, 9.17) is 4.74 Å². The summed E-state index contributed by atoms with van der Waals surface area (Å²) in [6.07, 6.45) is 2.15. The van der Waals surface area contributed by atoms with Gasteiger partial charge < -0.3 is 19.9 Å². The first-order valence-electron chi connectivity index (χ1n) is 9.60. The molecule has 1 atom stereocenters. The maximum Gasteiger partial charge on any atom is 0.254 e. The van der Waals surface area contributed by atoms with E-state index in [2.05, 4.69) is 10.3 Å². The Kier molecular flexibility index (Phi) is 5.57. The van der Waals surface area contributed by atoms with Gasteiger partial charge in [0.05, 0.1) is 18.8 Å². The molecule has 0 unspecified atom stereocenters. The van der Waals surface area contributed by atoms with E-state index in [0.717, 1.165) is 16.5 Å². The van der Waals surface area contributed by atoms with E-state index in [-0.39, 0.29) is 11.5 Å². The molecule has 1 aliphatic rings. The Balaban J connectivity index is 1.60. The number of ether oxygens (including phenoxy) is 1. The van der Waals surface area contributed by atoms with Crippen LogP contribution < -0.4 is 5.32 Å². The van der Waals surface area contributed by atoms with Crippen molar-refractivity contribution in [2.24, 2.45) is 0 Å². The standard InChI is InChI=1S/C22H22FN3O3/c23-18-7-3-1-6-17(18)21(27)25-20(22(28)26-9-11-29-12-10-26)13-15-14-24-19-8-4-2-5-16(15)19/h1-8,14,20,24H,9-13H2,(H,25,27)/t20-/m0/s1. The second kappa shape index (κ2) is 8.45. The summed E-state index contributed by atoms with van der Waals surface area (Å²) in [5.74, 6) is -1.41. The van der Waals surface area contributed by atoms with Gasteiger partial charge in [0.25, 0.3) is 5.91 Å². The summed E-state index contributed by atoms with van der Waals surface area (Å²) in [6, 6.07) is 12.7. The number of H-pyrrole nitrogens is 1. The first kappa shape index (κ1) is 19.1. The monoisotopic (exact) mass is 395 g/mol. The number of nitrogens with one attached hydrogen (secondary N) is 2. The first-order valence-corrected chi connectivity index (χ1v) is 9.60. The minimum absolute atomic E-state index is 0.0776. The maximum atomic E-state index is 14.1. The Morgan fingerprint density at radius 3 is 2.62 bits per heavy atom. The fourth-order valence-electron chi connectivity index (χ4n) is 3.61. The molecule has 7 heteroatoms. The number of morpholine rings is 1. The molecule has 1 aliphatic heterocycles. The summed E-state index contributed by atoms with van der Waals surface area (Å²) in [7, 11) is 0. The van der Waals surface area contributed by atoms with Crippen molar-refractivity contribution in [2.45, 2.75) is 12.5 Å². The Labute approximate surface area is 167 Å². The predicted octanol–water partition coefficient (Wildman–Crippen LogP) is 2.51. The maximum absolute atomic E-state index is 14.1. The fraction of sp³-hybridized carbons (Fsp3) is 0.273. The van der Waals surface area contributed by atoms with Crippen LogP contribution in [-0.2, 0) is 16.0 Å². The average molecular weight is 395 g/mol. The van der Waals surface area contributed by atoms with Crippen LogP contribution in [0.15, 0.2) is 54.7 Å². The number of benzene rings is 2. The molecule has 3 aromatic rings. The van der Waals surface area contributed by atoms with Crippen molar-refractivity contribution in [1.82, 2.24) is 15.2 Å². The van der Waals surface area contributed by atoms with Crippen molar-refractivity contribution in [3.05, 3.63) is 71.7 Å². The van der Waals surface area contributed by atoms with E-state index in [0.29, 0.717) is 32.7 Å². The number of halogens is 1. The number of carbonyl (C=O) groups is 2. The van der Waals surface area contributed by atoms with E-state index in [1.807, 2.05) is 30.5 Å². The van der Waals surface area contributed by atoms with Gasteiger partial charge in [-0.2, -0.15) is 0 Å². The molecule has 2 N–H and O–H groups in total. The largest absolute Gasteiger partial charge is 0.378 e. The molecule has 0 saturated carbocycles. The molecule has 1 fully saturated rings. The molecule has 0 aliphatic carbocycles. The number of para-hydroxylation sites is 1. The SMILES string of the molecule is O=C(N[C@@H](Cc1c[nH]c2ccccc12)C(=O)N1CCOCC1)c1ccccc1F. The number of aromatic nitrogens is 1. The van der Waals surface area contributed by atoms with E-state index in [1.165, 1.54) is 18.2 Å². The van der Waals surface area contributed by atoms with Gasteiger partial charge in [-0.1, -0.05) is 30.3 Å². The number of fused-ring (bicyclic) bond motifs is 1. The number of aromatic amines is 1. The van der Waals surface area contributed by atoms with Crippen molar-refractivity contribution in [2.75, 3.05) is 26.3 Å². The second-order valence-corrected chi connectivity index (χ2v) is 7.01. The Hall–Kier alpha value is -3.19. The summed E-state index contributed by atoms with van der Waals surface area (Å²) in [4.78, 5) is 30.7. The van der Waals surface area contributed by atoms with Crippen LogP contribution in [0.4, 0.5) is 4.39 Å². The molecule has 29 heavy (non-hydrogen) atoms. The summed E-state index contributed by atoms with van der Waals surface area (Å²) in [5, 5.41) is 3.74. The van der Waals surface area contributed by atoms with E-state index in [1.54, 1.807) is 11.0 Å². The summed E-state index contributed by atoms with van der Waals surface area (Å²) < 4.78 is 19.4. The molecule has 0 bridgehead atoms. The van der Waals surface area contributed by atoms with E-state index >= 15 is 0 Å². The molecule has 1 aromatic heterocycles. The molecule has 0 radical (unpaired) electrons. The average Bonchev–Trinajstić information content (AvgIpc) is 3.16. The molecule has 150 valence electrons. The van der Waals surface area contributed by atoms with Gasteiger partial charge in [-0.15, -0.1) is 0 Å². The lowest BCUT2D eigenvalue weighted by Gasteiger charge is -2.30. The zero-order valence-electron chi connectivity index (χ0n) is 15.9. The third-order valence-electron chi connectivity index (χ3n) is 5.14. The van der Waals surface area contributed by atoms with Gasteiger partial charge in [0.15, 0.2) is 0 Å². The zero-order chi connectivity index (χ0) is 20.2. The third-order valence-corrected chi connectivity index (χ3v) is 5.14. The number of carbonyl (C=O) groups excluding carboxylic acids is 2. The number of hydrogen-bond donors (Lipinski definition) is 2. The molecule has 1 saturated heterocycles. The normalized spacial score (nSPS) is 15.3. The van der Waals surface area contributed by atoms with Gasteiger partial charge in [0.1, 0.15) is 11.9 Å². The molecule has 2 heterocycles. The lowest BCUT2D eigenvalue weighted by molar-refractivity contribution is -0.137. The topological polar surface area (TPSA) is 74.4 Å². The van der Waals surface area contributed by atoms with Crippen LogP contribution in [0.1, 0.15) is 15.9 Å². The summed E-state index contributed by atoms with van der Waals surface area (Å²) >= 11 is 0. The highest BCUT2D eigenvalue weighted by molar-refractivity contribution is 5.98. The Morgan fingerprint density at radius 1 is 1.10 bits per heavy atom. The molecule has 6 nitrogen and oxygen atoms in total. The van der Waals surface area contributed by atoms with Crippen LogP contribution in [0.25, 0.3) is 10.9 Å². The minimum atomic E-state index is -0.806. The van der Waals surface area contributed by atoms with Gasteiger partial charge in [-0.3, -0.25) is 9.59 Å². The number of amides is 2. The van der Waals surface area contributed by atoms with Gasteiger partial charge in [-0.25, -0.2) is 4.39 Å². The van der Waals surface area contributed by atoms with Crippen molar-refractivity contribution in [3.63, 3.8) is 0 Å². The van der Waals surface area contributed by atoms with Gasteiger partial charge in [-0.05, 0) is 23.8 Å². The molecular weight excluding hydrogens is 373 g/mol. The smallest absolute Gasteiger partial charge is 0.254 e. The molecular formula is C22H22FN3O3. The zero-order valence-corrected chi connectivity index (χ0v) is 15.9. The predicted molar refractivity (Wildman–Crippen MR) is 107 cm³/mol. The highest BCUT2D eigenvalue weighted by atomic mass is 19.1. The van der Waals surface area contributed by atoms with E-state index in [9.17, 15) is 14.0 Å². The van der Waals surface area contributed by atoms with Crippen LogP contribution >= 0.6 is 0 Å². The molecule has 2 aromatic carbocycles. The quantitative estimate of drug-likeness (QED) is 0.697. The highest BCUT2D eigenvalue weighted by Gasteiger charge is 2.29. The number of hydrogen-bond acceptors (Lipinski definition) is 3. The van der Waals surface area contributed by atoms with Crippen LogP contribution in [-0.4, -0.2) is 54.0 Å². The Bertz CT molecular complexity index is 1030. The van der Waals surface area contributed by atoms with Crippen molar-refractivity contribution >= 4 is 22.7 Å². The van der Waals surface area contributed by atoms with Crippen molar-refractivity contribution < 1.29 is 18.7 Å². The summed E-state index contributed by atoms with van der Waals surface area (Å²) in [6.45, 7) is 1.87. The van der Waals surface area contributed by atoms with Gasteiger partial charge in [0, 0.05) is 36.6 Å². The lowest BCUT2D eigenvalue weighted by Crippen LogP contribution is -2.52. The van der Waals surface area contributed by atoms with Crippen LogP contribution in [0.3, 0.4) is 0 Å². The van der Waals surface area contributed by atoms with Gasteiger partial charge >= 0.3 is 0 Å². The second-order valence-electron chi connectivity index (χ2n) is 7.01. The van der Waals surface area contributed by atoms with Crippen LogP contribution in [0.2, 0.25) is 0 Å². The Morgan fingerprint density at radius 2 is 1.83 bits per heavy atom. The summed E-state index contributed by atoms with van der Waals surface area (Å²) in [5.41, 5.74) is 1.80. The number of nitrogens with zero attached hydrogens (tertiary/aromatic N) is 1. The third kappa shape index (κ3) is 4.14.